The predicted octanol–water partition coefficient (Wildman–Crippen LogP) is 1.61. The Morgan fingerprint density at radius 1 is 1.38 bits per heavy atom. The summed E-state index contributed by atoms with van der Waals surface area (Å²) in [6.07, 6.45) is 5.53. The highest BCUT2D eigenvalue weighted by Crippen LogP contribution is 2.18. The smallest absolute Gasteiger partial charge is 0.249 e. The van der Waals surface area contributed by atoms with Crippen molar-refractivity contribution >= 4 is 5.91 Å². The monoisotopic (exact) mass is 298 g/mol. The molecule has 5 nitrogen and oxygen atoms in total. The molecule has 0 spiro atoms. The highest BCUT2D eigenvalue weighted by Gasteiger charge is 2.29. The third kappa shape index (κ3) is 5.57. The van der Waals surface area contributed by atoms with Gasteiger partial charge >= 0.3 is 0 Å². The van der Waals surface area contributed by atoms with E-state index >= 15 is 0 Å². The normalized spacial score (nSPS) is 28.0. The van der Waals surface area contributed by atoms with Gasteiger partial charge in [0.25, 0.3) is 0 Å². The summed E-state index contributed by atoms with van der Waals surface area (Å²) in [6.45, 7) is 8.02. The van der Waals surface area contributed by atoms with E-state index < -0.39 is 6.10 Å². The Kier molecular flexibility index (Phi) is 6.02. The van der Waals surface area contributed by atoms with Gasteiger partial charge in [0.2, 0.25) is 5.91 Å². The van der Waals surface area contributed by atoms with Gasteiger partial charge in [0.1, 0.15) is 6.10 Å². The molecule has 2 aliphatic rings. The van der Waals surface area contributed by atoms with Gasteiger partial charge in [-0.05, 0) is 33.6 Å². The summed E-state index contributed by atoms with van der Waals surface area (Å²) in [5.74, 6) is 0.00456. The fraction of sp³-hybridized carbons (Fsp3) is 0.938. The molecule has 2 atom stereocenters. The van der Waals surface area contributed by atoms with Crippen LogP contribution in [-0.4, -0.2) is 49.5 Å². The second-order valence-corrected chi connectivity index (χ2v) is 6.95. The van der Waals surface area contributed by atoms with E-state index in [9.17, 15) is 4.79 Å². The Balaban J connectivity index is 1.68. The van der Waals surface area contributed by atoms with Crippen LogP contribution < -0.4 is 10.6 Å². The van der Waals surface area contributed by atoms with E-state index in [0.717, 1.165) is 25.9 Å². The molecule has 2 N–H and O–H groups in total. The van der Waals surface area contributed by atoms with E-state index in [-0.39, 0.29) is 17.6 Å². The quantitative estimate of drug-likeness (QED) is 0.809. The molecule has 1 saturated carbocycles. The Hall–Kier alpha value is -0.650. The zero-order valence-corrected chi connectivity index (χ0v) is 13.6. The maximum Gasteiger partial charge on any atom is 0.249 e. The highest BCUT2D eigenvalue weighted by atomic mass is 16.6. The molecule has 0 aromatic carbocycles. The average molecular weight is 298 g/mol. The van der Waals surface area contributed by atoms with Crippen LogP contribution in [0.1, 0.15) is 52.9 Å². The van der Waals surface area contributed by atoms with Crippen molar-refractivity contribution in [1.29, 1.82) is 0 Å². The van der Waals surface area contributed by atoms with Gasteiger partial charge in [0.15, 0.2) is 0 Å². The van der Waals surface area contributed by atoms with Gasteiger partial charge in [0, 0.05) is 19.1 Å². The zero-order chi connectivity index (χ0) is 15.3. The lowest BCUT2D eigenvalue weighted by molar-refractivity contribution is -0.145. The summed E-state index contributed by atoms with van der Waals surface area (Å²) in [5.41, 5.74) is -0.167. The van der Waals surface area contributed by atoms with Gasteiger partial charge in [0.05, 0.1) is 18.3 Å². The standard InChI is InChI=1S/C16H30N2O3/c1-12(15(19)18-13-7-5-4-6-8-13)20-10-14-9-17-11-16(2,3)21-14/h12-14,17H,4-11H2,1-3H3,(H,18,19). The van der Waals surface area contributed by atoms with Crippen molar-refractivity contribution in [3.05, 3.63) is 0 Å². The molecule has 1 saturated heterocycles. The molecular formula is C16H30N2O3. The van der Waals surface area contributed by atoms with Crippen LogP contribution in [-0.2, 0) is 14.3 Å². The summed E-state index contributed by atoms with van der Waals surface area (Å²) >= 11 is 0. The Morgan fingerprint density at radius 2 is 2.10 bits per heavy atom. The van der Waals surface area contributed by atoms with Crippen molar-refractivity contribution in [2.75, 3.05) is 19.7 Å². The van der Waals surface area contributed by atoms with Crippen LogP contribution in [0.15, 0.2) is 0 Å². The number of ether oxygens (including phenoxy) is 2. The number of carbonyl (C=O) groups is 1. The number of nitrogens with one attached hydrogen (secondary N) is 2. The molecule has 0 aromatic heterocycles. The average Bonchev–Trinajstić information content (AvgIpc) is 2.45. The minimum atomic E-state index is -0.416. The number of morpholine rings is 1. The fourth-order valence-corrected chi connectivity index (χ4v) is 3.05. The van der Waals surface area contributed by atoms with Crippen LogP contribution >= 0.6 is 0 Å². The van der Waals surface area contributed by atoms with Crippen LogP contribution in [0.25, 0.3) is 0 Å². The largest absolute Gasteiger partial charge is 0.367 e. The van der Waals surface area contributed by atoms with E-state index in [1.54, 1.807) is 0 Å². The van der Waals surface area contributed by atoms with E-state index in [4.69, 9.17) is 9.47 Å². The maximum atomic E-state index is 12.1. The molecule has 0 aromatic rings. The van der Waals surface area contributed by atoms with Crippen LogP contribution in [0.4, 0.5) is 0 Å². The molecule has 1 aliphatic heterocycles. The first-order chi connectivity index (χ1) is 9.96. The molecule has 1 heterocycles. The van der Waals surface area contributed by atoms with Crippen LogP contribution in [0.5, 0.6) is 0 Å². The molecule has 5 heteroatoms. The van der Waals surface area contributed by atoms with Crippen LogP contribution in [0.3, 0.4) is 0 Å². The molecule has 0 radical (unpaired) electrons. The third-order valence-corrected chi connectivity index (χ3v) is 4.26. The zero-order valence-electron chi connectivity index (χ0n) is 13.6. The van der Waals surface area contributed by atoms with Crippen molar-refractivity contribution < 1.29 is 14.3 Å². The van der Waals surface area contributed by atoms with Crippen molar-refractivity contribution in [3.8, 4) is 0 Å². The number of carbonyl (C=O) groups excluding carboxylic acids is 1. The molecule has 1 aliphatic carbocycles. The first-order valence-corrected chi connectivity index (χ1v) is 8.27. The lowest BCUT2D eigenvalue weighted by Crippen LogP contribution is -2.52. The summed E-state index contributed by atoms with van der Waals surface area (Å²) < 4.78 is 11.6. The van der Waals surface area contributed by atoms with E-state index in [1.807, 2.05) is 6.92 Å². The van der Waals surface area contributed by atoms with E-state index in [2.05, 4.69) is 24.5 Å². The molecule has 2 unspecified atom stereocenters. The molecule has 2 rings (SSSR count). The molecule has 0 bridgehead atoms. The number of rotatable bonds is 5. The van der Waals surface area contributed by atoms with Gasteiger partial charge < -0.3 is 20.1 Å². The predicted molar refractivity (Wildman–Crippen MR) is 82.3 cm³/mol. The summed E-state index contributed by atoms with van der Waals surface area (Å²) in [5, 5.41) is 6.44. The second kappa shape index (κ2) is 7.56. The van der Waals surface area contributed by atoms with E-state index in [0.29, 0.717) is 12.6 Å². The SMILES string of the molecule is CC(OCC1CNCC(C)(C)O1)C(=O)NC1CCCCC1. The first kappa shape index (κ1) is 16.7. The maximum absolute atomic E-state index is 12.1. The minimum Gasteiger partial charge on any atom is -0.367 e. The lowest BCUT2D eigenvalue weighted by Gasteiger charge is -2.36. The molecule has 1 amide bonds. The van der Waals surface area contributed by atoms with Gasteiger partial charge in [-0.15, -0.1) is 0 Å². The Bertz CT molecular complexity index is 340. The Labute approximate surface area is 128 Å². The summed E-state index contributed by atoms with van der Waals surface area (Å²) in [4.78, 5) is 12.1. The molecule has 21 heavy (non-hydrogen) atoms. The number of hydrogen-bond donors (Lipinski definition) is 2. The third-order valence-electron chi connectivity index (χ3n) is 4.26. The summed E-state index contributed by atoms with van der Waals surface area (Å²) in [7, 11) is 0. The van der Waals surface area contributed by atoms with E-state index in [1.165, 1.54) is 19.3 Å². The first-order valence-electron chi connectivity index (χ1n) is 8.27. The van der Waals surface area contributed by atoms with Gasteiger partial charge in [-0.25, -0.2) is 0 Å². The van der Waals surface area contributed by atoms with Gasteiger partial charge in [-0.2, -0.15) is 0 Å². The molecule has 2 fully saturated rings. The van der Waals surface area contributed by atoms with Crippen molar-refractivity contribution in [3.63, 3.8) is 0 Å². The Morgan fingerprint density at radius 3 is 2.76 bits per heavy atom. The second-order valence-electron chi connectivity index (χ2n) is 6.95. The fourth-order valence-electron chi connectivity index (χ4n) is 3.05. The topological polar surface area (TPSA) is 59.6 Å². The molecule has 122 valence electrons. The molecular weight excluding hydrogens is 268 g/mol. The number of amides is 1. The van der Waals surface area contributed by atoms with Crippen molar-refractivity contribution in [2.24, 2.45) is 0 Å². The number of hydrogen-bond acceptors (Lipinski definition) is 4. The highest BCUT2D eigenvalue weighted by molar-refractivity contribution is 5.80. The van der Waals surface area contributed by atoms with Gasteiger partial charge in [-0.3, -0.25) is 4.79 Å². The summed E-state index contributed by atoms with van der Waals surface area (Å²) in [6, 6.07) is 0.337. The van der Waals surface area contributed by atoms with Crippen molar-refractivity contribution in [2.45, 2.75) is 76.7 Å². The minimum absolute atomic E-state index is 0.00456. The van der Waals surface area contributed by atoms with Crippen LogP contribution in [0.2, 0.25) is 0 Å². The lowest BCUT2D eigenvalue weighted by atomic mass is 9.95. The van der Waals surface area contributed by atoms with Crippen molar-refractivity contribution in [1.82, 2.24) is 10.6 Å². The van der Waals surface area contributed by atoms with Crippen LogP contribution in [0, 0.1) is 0 Å². The van der Waals surface area contributed by atoms with Gasteiger partial charge in [-0.1, -0.05) is 19.3 Å².